The van der Waals surface area contributed by atoms with Crippen molar-refractivity contribution in [1.82, 2.24) is 4.31 Å². The Morgan fingerprint density at radius 1 is 1.04 bits per heavy atom. The van der Waals surface area contributed by atoms with Crippen LogP contribution in [0.4, 0.5) is 5.69 Å². The molecule has 0 radical (unpaired) electrons. The van der Waals surface area contributed by atoms with Gasteiger partial charge in [0.1, 0.15) is 0 Å². The van der Waals surface area contributed by atoms with Crippen molar-refractivity contribution in [3.05, 3.63) is 57.1 Å². The van der Waals surface area contributed by atoms with Gasteiger partial charge in [-0.1, -0.05) is 31.5 Å². The molecule has 1 N–H and O–H groups in total. The number of benzene rings is 2. The van der Waals surface area contributed by atoms with Gasteiger partial charge in [-0.2, -0.15) is 4.31 Å². The molecule has 0 heterocycles. The zero-order valence-corrected chi connectivity index (χ0v) is 18.7. The first-order chi connectivity index (χ1) is 12.6. The number of nitrogens with zero attached hydrogens (tertiary/aromatic N) is 1. The highest BCUT2D eigenvalue weighted by Crippen LogP contribution is 2.27. The topological polar surface area (TPSA) is 66.5 Å². The lowest BCUT2D eigenvalue weighted by Gasteiger charge is -2.19. The van der Waals surface area contributed by atoms with Crippen LogP contribution < -0.4 is 5.32 Å². The average molecular weight is 453 g/mol. The first kappa shape index (κ1) is 21.6. The van der Waals surface area contributed by atoms with Crippen LogP contribution in [0, 0.1) is 20.8 Å². The third kappa shape index (κ3) is 4.59. The van der Waals surface area contributed by atoms with Gasteiger partial charge in [-0.05, 0) is 66.0 Å². The van der Waals surface area contributed by atoms with E-state index in [0.717, 1.165) is 22.4 Å². The van der Waals surface area contributed by atoms with Crippen molar-refractivity contribution in [3.63, 3.8) is 0 Å². The van der Waals surface area contributed by atoms with Gasteiger partial charge in [-0.3, -0.25) is 4.79 Å². The number of aryl methyl sites for hydroxylation is 3. The number of carbonyl (C=O) groups is 1. The molecule has 0 bridgehead atoms. The monoisotopic (exact) mass is 452 g/mol. The van der Waals surface area contributed by atoms with E-state index in [4.69, 9.17) is 0 Å². The molecule has 0 atom stereocenters. The van der Waals surface area contributed by atoms with Crippen molar-refractivity contribution < 1.29 is 13.2 Å². The minimum Gasteiger partial charge on any atom is -0.321 e. The summed E-state index contributed by atoms with van der Waals surface area (Å²) in [4.78, 5) is 13.0. The molecule has 0 fully saturated rings. The molecule has 1 amide bonds. The van der Waals surface area contributed by atoms with Crippen molar-refractivity contribution in [2.45, 2.75) is 39.5 Å². The molecule has 0 unspecified atom stereocenters. The Bertz CT molecular complexity index is 944. The molecule has 0 aromatic heterocycles. The van der Waals surface area contributed by atoms with Gasteiger partial charge in [-0.15, -0.1) is 0 Å². The lowest BCUT2D eigenvalue weighted by Crippen LogP contribution is -2.30. The third-order valence-corrected chi connectivity index (χ3v) is 7.18. The Labute approximate surface area is 170 Å². The van der Waals surface area contributed by atoms with Crippen molar-refractivity contribution >= 4 is 37.5 Å². The SMILES string of the molecule is CCN(CC)S(=O)(=O)c1ccc(Br)c(C(=O)Nc2c(C)cc(C)cc2C)c1. The second kappa shape index (κ2) is 8.54. The maximum atomic E-state index is 12.9. The second-order valence-corrected chi connectivity index (χ2v) is 9.25. The molecular weight excluding hydrogens is 428 g/mol. The largest absolute Gasteiger partial charge is 0.321 e. The minimum absolute atomic E-state index is 0.108. The molecule has 0 spiro atoms. The summed E-state index contributed by atoms with van der Waals surface area (Å²) in [5, 5.41) is 2.92. The maximum absolute atomic E-state index is 12.9. The fourth-order valence-corrected chi connectivity index (χ4v) is 5.02. The summed E-state index contributed by atoms with van der Waals surface area (Å²) < 4.78 is 27.4. The molecule has 2 aromatic rings. The molecule has 5 nitrogen and oxygen atoms in total. The highest BCUT2D eigenvalue weighted by molar-refractivity contribution is 9.10. The van der Waals surface area contributed by atoms with E-state index in [-0.39, 0.29) is 16.4 Å². The Kier molecular flexibility index (Phi) is 6.83. The van der Waals surface area contributed by atoms with Gasteiger partial charge in [0, 0.05) is 23.2 Å². The summed E-state index contributed by atoms with van der Waals surface area (Å²) in [6.07, 6.45) is 0. The molecule has 27 heavy (non-hydrogen) atoms. The predicted octanol–water partition coefficient (Wildman–Crippen LogP) is 4.66. The number of halogens is 1. The highest BCUT2D eigenvalue weighted by atomic mass is 79.9. The first-order valence-corrected chi connectivity index (χ1v) is 11.0. The molecule has 0 saturated heterocycles. The van der Waals surface area contributed by atoms with E-state index in [9.17, 15) is 13.2 Å². The predicted molar refractivity (Wildman–Crippen MR) is 113 cm³/mol. The third-order valence-electron chi connectivity index (χ3n) is 4.44. The van der Waals surface area contributed by atoms with Crippen molar-refractivity contribution in [2.75, 3.05) is 18.4 Å². The zero-order valence-electron chi connectivity index (χ0n) is 16.3. The van der Waals surface area contributed by atoms with Crippen LogP contribution in [0.1, 0.15) is 40.9 Å². The Morgan fingerprint density at radius 3 is 2.11 bits per heavy atom. The van der Waals surface area contributed by atoms with Crippen molar-refractivity contribution in [2.24, 2.45) is 0 Å². The molecule has 0 aliphatic carbocycles. The summed E-state index contributed by atoms with van der Waals surface area (Å²) in [6.45, 7) is 10.2. The smallest absolute Gasteiger partial charge is 0.256 e. The fourth-order valence-electron chi connectivity index (χ4n) is 3.11. The van der Waals surface area contributed by atoms with Gasteiger partial charge in [0.15, 0.2) is 0 Å². The van der Waals surface area contributed by atoms with Gasteiger partial charge in [0.25, 0.3) is 5.91 Å². The Morgan fingerprint density at radius 2 is 1.59 bits per heavy atom. The van der Waals surface area contributed by atoms with Crippen LogP contribution in [0.3, 0.4) is 0 Å². The van der Waals surface area contributed by atoms with E-state index < -0.39 is 10.0 Å². The molecule has 0 aliphatic heterocycles. The molecule has 0 aliphatic rings. The molecular formula is C20H25BrN2O3S. The van der Waals surface area contributed by atoms with Crippen LogP contribution in [-0.4, -0.2) is 31.7 Å². The summed E-state index contributed by atoms with van der Waals surface area (Å²) in [7, 11) is -3.64. The van der Waals surface area contributed by atoms with E-state index in [1.807, 2.05) is 32.9 Å². The van der Waals surface area contributed by atoms with Gasteiger partial charge in [-0.25, -0.2) is 8.42 Å². The summed E-state index contributed by atoms with van der Waals surface area (Å²) >= 11 is 3.36. The normalized spacial score (nSPS) is 11.7. The summed E-state index contributed by atoms with van der Waals surface area (Å²) in [5.74, 6) is -0.353. The van der Waals surface area contributed by atoms with Gasteiger partial charge < -0.3 is 5.32 Å². The van der Waals surface area contributed by atoms with Crippen LogP contribution in [-0.2, 0) is 10.0 Å². The van der Waals surface area contributed by atoms with Crippen LogP contribution in [0.5, 0.6) is 0 Å². The lowest BCUT2D eigenvalue weighted by molar-refractivity contribution is 0.102. The molecule has 7 heteroatoms. The minimum atomic E-state index is -3.64. The first-order valence-electron chi connectivity index (χ1n) is 8.80. The number of sulfonamides is 1. The number of anilines is 1. The van der Waals surface area contributed by atoms with Crippen molar-refractivity contribution in [1.29, 1.82) is 0 Å². The number of amides is 1. The van der Waals surface area contributed by atoms with E-state index in [1.165, 1.54) is 16.4 Å². The quantitative estimate of drug-likeness (QED) is 0.692. The van der Waals surface area contributed by atoms with Gasteiger partial charge in [0.2, 0.25) is 10.0 Å². The second-order valence-electron chi connectivity index (χ2n) is 6.46. The molecule has 2 aromatic carbocycles. The molecule has 146 valence electrons. The standard InChI is InChI=1S/C20H25BrN2O3S/c1-6-23(7-2)27(25,26)16-8-9-18(21)17(12-16)20(24)22-19-14(4)10-13(3)11-15(19)5/h8-12H,6-7H2,1-5H3,(H,22,24). The average Bonchev–Trinajstić information content (AvgIpc) is 2.58. The number of hydrogen-bond acceptors (Lipinski definition) is 3. The van der Waals surface area contributed by atoms with Crippen LogP contribution in [0.15, 0.2) is 39.7 Å². The van der Waals surface area contributed by atoms with E-state index in [0.29, 0.717) is 17.6 Å². The number of carbonyl (C=O) groups excluding carboxylic acids is 1. The summed E-state index contributed by atoms with van der Waals surface area (Å²) in [6, 6.07) is 8.53. The number of hydrogen-bond donors (Lipinski definition) is 1. The lowest BCUT2D eigenvalue weighted by atomic mass is 10.0. The van der Waals surface area contributed by atoms with Gasteiger partial charge in [0.05, 0.1) is 10.5 Å². The molecule has 2 rings (SSSR count). The molecule has 0 saturated carbocycles. The van der Waals surface area contributed by atoms with E-state index in [2.05, 4.69) is 21.2 Å². The van der Waals surface area contributed by atoms with Crippen LogP contribution >= 0.6 is 15.9 Å². The number of nitrogens with one attached hydrogen (secondary N) is 1. The Balaban J connectivity index is 2.43. The van der Waals surface area contributed by atoms with Crippen LogP contribution in [0.2, 0.25) is 0 Å². The van der Waals surface area contributed by atoms with E-state index >= 15 is 0 Å². The fraction of sp³-hybridized carbons (Fsp3) is 0.350. The van der Waals surface area contributed by atoms with E-state index in [1.54, 1.807) is 19.9 Å². The maximum Gasteiger partial charge on any atom is 0.256 e. The van der Waals surface area contributed by atoms with Crippen LogP contribution in [0.25, 0.3) is 0 Å². The van der Waals surface area contributed by atoms with Gasteiger partial charge >= 0.3 is 0 Å². The number of rotatable bonds is 6. The Hall–Kier alpha value is -1.70. The zero-order chi connectivity index (χ0) is 20.4. The highest BCUT2D eigenvalue weighted by Gasteiger charge is 2.24. The van der Waals surface area contributed by atoms with Crippen molar-refractivity contribution in [3.8, 4) is 0 Å². The summed E-state index contributed by atoms with van der Waals surface area (Å²) in [5.41, 5.74) is 4.07.